The van der Waals surface area contributed by atoms with E-state index < -0.39 is 17.5 Å². The van der Waals surface area contributed by atoms with Crippen LogP contribution in [0.25, 0.3) is 32.2 Å². The van der Waals surface area contributed by atoms with E-state index in [1.807, 2.05) is 0 Å². The lowest BCUT2D eigenvalue weighted by Crippen LogP contribution is -2.52. The number of thiophene rings is 1. The fourth-order valence-electron chi connectivity index (χ4n) is 6.22. The number of likely N-dealkylation sites (tertiary alicyclic amines) is 1. The van der Waals surface area contributed by atoms with E-state index in [1.165, 1.54) is 0 Å². The molecular weight excluding hydrogens is 581 g/mol. The van der Waals surface area contributed by atoms with Crippen molar-refractivity contribution in [1.82, 2.24) is 19.9 Å². The van der Waals surface area contributed by atoms with E-state index >= 15 is 4.39 Å². The van der Waals surface area contributed by atoms with Gasteiger partial charge in [0.15, 0.2) is 5.82 Å². The maximum absolute atomic E-state index is 15.2. The highest BCUT2D eigenvalue weighted by atomic mass is 35.5. The SMILES string of the molecule is CN1C[C@@H]2CN(c3ncc4c5c(c(-c6ncc(F)c7sc(NC(=O)OC(C)(C)C)c(C#N)c67)c(Cl)c4n3)COC5)C[C@@H]21. The van der Waals surface area contributed by atoms with E-state index in [4.69, 9.17) is 31.0 Å². The van der Waals surface area contributed by atoms with Gasteiger partial charge >= 0.3 is 6.09 Å². The van der Waals surface area contributed by atoms with Gasteiger partial charge in [0, 0.05) is 54.1 Å². The predicted octanol–water partition coefficient (Wildman–Crippen LogP) is 5.70. The number of benzene rings is 1. The molecule has 216 valence electrons. The third-order valence-corrected chi connectivity index (χ3v) is 9.58. The minimum Gasteiger partial charge on any atom is -0.444 e. The predicted molar refractivity (Wildman–Crippen MR) is 158 cm³/mol. The van der Waals surface area contributed by atoms with Gasteiger partial charge in [-0.05, 0) is 38.9 Å². The largest absolute Gasteiger partial charge is 0.444 e. The van der Waals surface area contributed by atoms with E-state index in [9.17, 15) is 10.1 Å². The molecule has 13 heteroatoms. The minimum absolute atomic E-state index is 0.0757. The number of aromatic nitrogens is 3. The molecule has 2 saturated heterocycles. The fraction of sp³-hybridized carbons (Fsp3) is 0.414. The van der Waals surface area contributed by atoms with Crippen molar-refractivity contribution in [3.8, 4) is 17.3 Å². The Morgan fingerprint density at radius 1 is 1.24 bits per heavy atom. The third kappa shape index (κ3) is 4.26. The van der Waals surface area contributed by atoms with Crippen molar-refractivity contribution in [3.63, 3.8) is 0 Å². The molecular formula is C29H27ClFN7O3S. The van der Waals surface area contributed by atoms with Gasteiger partial charge in [-0.15, -0.1) is 11.3 Å². The number of rotatable bonds is 3. The summed E-state index contributed by atoms with van der Waals surface area (Å²) < 4.78 is 26.6. The summed E-state index contributed by atoms with van der Waals surface area (Å²) in [7, 11) is 2.13. The first kappa shape index (κ1) is 27.2. The van der Waals surface area contributed by atoms with Crippen molar-refractivity contribution in [3.05, 3.63) is 39.9 Å². The zero-order chi connectivity index (χ0) is 29.5. The normalized spacial score (nSPS) is 20.0. The zero-order valence-corrected chi connectivity index (χ0v) is 25.0. The molecule has 0 radical (unpaired) electrons. The first-order valence-electron chi connectivity index (χ1n) is 13.6. The molecule has 0 unspecified atom stereocenters. The molecule has 4 aromatic rings. The quantitative estimate of drug-likeness (QED) is 0.313. The maximum Gasteiger partial charge on any atom is 0.412 e. The lowest BCUT2D eigenvalue weighted by atomic mass is 9.93. The van der Waals surface area contributed by atoms with Crippen molar-refractivity contribution < 1.29 is 18.7 Å². The Morgan fingerprint density at radius 2 is 2.02 bits per heavy atom. The Bertz CT molecular complexity index is 1850. The molecule has 1 N–H and O–H groups in total. The summed E-state index contributed by atoms with van der Waals surface area (Å²) in [4.78, 5) is 31.2. The molecule has 0 aliphatic carbocycles. The highest BCUT2D eigenvalue weighted by Gasteiger charge is 2.44. The van der Waals surface area contributed by atoms with E-state index in [0.29, 0.717) is 46.3 Å². The lowest BCUT2D eigenvalue weighted by Gasteiger charge is -2.40. The molecule has 3 aromatic heterocycles. The number of halogens is 2. The van der Waals surface area contributed by atoms with Crippen molar-refractivity contribution in [2.75, 3.05) is 36.9 Å². The average molecular weight is 608 g/mol. The molecule has 2 fully saturated rings. The lowest BCUT2D eigenvalue weighted by molar-refractivity contribution is 0.0636. The van der Waals surface area contributed by atoms with Gasteiger partial charge in [-0.25, -0.2) is 19.2 Å². The Balaban J connectivity index is 1.39. The molecule has 0 spiro atoms. The van der Waals surface area contributed by atoms with Gasteiger partial charge in [-0.1, -0.05) is 11.6 Å². The van der Waals surface area contributed by atoms with E-state index in [1.54, 1.807) is 27.0 Å². The summed E-state index contributed by atoms with van der Waals surface area (Å²) in [5.74, 6) is 0.582. The topological polar surface area (TPSA) is 116 Å². The van der Waals surface area contributed by atoms with Gasteiger partial charge in [0.25, 0.3) is 0 Å². The van der Waals surface area contributed by atoms with Crippen molar-refractivity contribution >= 4 is 61.0 Å². The number of carbonyl (C=O) groups excluding carboxylic acids is 1. The number of nitrogens with one attached hydrogen (secondary N) is 1. The fourth-order valence-corrected chi connectivity index (χ4v) is 7.60. The number of hydrogen-bond acceptors (Lipinski definition) is 10. The molecule has 3 aliphatic rings. The number of likely N-dealkylation sites (N-methyl/N-ethyl adjacent to an activating group) is 1. The Labute approximate surface area is 250 Å². The summed E-state index contributed by atoms with van der Waals surface area (Å²) in [5, 5.41) is 14.4. The van der Waals surface area contributed by atoms with Crippen LogP contribution in [-0.2, 0) is 22.7 Å². The number of anilines is 2. The van der Waals surface area contributed by atoms with Gasteiger partial charge in [0.2, 0.25) is 5.95 Å². The molecule has 10 nitrogen and oxygen atoms in total. The van der Waals surface area contributed by atoms with Crippen molar-refractivity contribution in [2.45, 2.75) is 45.6 Å². The molecule has 7 rings (SSSR count). The third-order valence-electron chi connectivity index (χ3n) is 8.10. The monoisotopic (exact) mass is 607 g/mol. The van der Waals surface area contributed by atoms with Crippen molar-refractivity contribution in [1.29, 1.82) is 5.26 Å². The Kier molecular flexibility index (Phi) is 6.29. The molecule has 2 atom stereocenters. The number of carbonyl (C=O) groups is 1. The van der Waals surface area contributed by atoms with Gasteiger partial charge < -0.3 is 19.3 Å². The summed E-state index contributed by atoms with van der Waals surface area (Å²) in [6, 6.07) is 2.63. The van der Waals surface area contributed by atoms with Gasteiger partial charge in [0.1, 0.15) is 16.7 Å². The van der Waals surface area contributed by atoms with E-state index in [0.717, 1.165) is 53.7 Å². The van der Waals surface area contributed by atoms with Gasteiger partial charge in [0.05, 0.1) is 45.9 Å². The minimum atomic E-state index is -0.754. The van der Waals surface area contributed by atoms with Crippen LogP contribution in [0.3, 0.4) is 0 Å². The zero-order valence-electron chi connectivity index (χ0n) is 23.4. The summed E-state index contributed by atoms with van der Waals surface area (Å²) in [5.41, 5.74) is 2.41. The van der Waals surface area contributed by atoms with Crippen LogP contribution in [-0.4, -0.2) is 64.3 Å². The number of hydrogen-bond donors (Lipinski definition) is 1. The highest BCUT2D eigenvalue weighted by Crippen LogP contribution is 2.48. The second kappa shape index (κ2) is 9.70. The molecule has 1 aromatic carbocycles. The van der Waals surface area contributed by atoms with Crippen LogP contribution in [0.1, 0.15) is 37.5 Å². The van der Waals surface area contributed by atoms with Crippen LogP contribution < -0.4 is 10.2 Å². The smallest absolute Gasteiger partial charge is 0.412 e. The van der Waals surface area contributed by atoms with Gasteiger partial charge in [-0.2, -0.15) is 5.26 Å². The number of ether oxygens (including phenoxy) is 2. The van der Waals surface area contributed by atoms with E-state index in [-0.39, 0.29) is 27.3 Å². The standard InChI is InChI=1S/C29H27ClFN7O3S/c1-29(2,3)41-28(39)36-26-14(5-32)21-24(33-7-18(31)25(21)42-26)20-17-12-40-11-16(17)15-6-34-27(35-23(15)22(20)30)38-9-13-8-37(4)19(13)10-38/h6-7,13,19H,8-12H2,1-4H3,(H,36,39)/t13-,19+/m1/s1. The van der Waals surface area contributed by atoms with Crippen LogP contribution in [0.15, 0.2) is 12.4 Å². The molecule has 6 heterocycles. The second-order valence-electron chi connectivity index (χ2n) is 11.9. The average Bonchev–Trinajstić information content (AvgIpc) is 3.64. The molecule has 0 saturated carbocycles. The summed E-state index contributed by atoms with van der Waals surface area (Å²) in [6.07, 6.45) is 2.16. The number of nitrogens with zero attached hydrogens (tertiary/aromatic N) is 6. The number of nitriles is 1. The van der Waals surface area contributed by atoms with Crippen LogP contribution in [0.5, 0.6) is 0 Å². The van der Waals surface area contributed by atoms with Crippen LogP contribution in [0.2, 0.25) is 5.02 Å². The van der Waals surface area contributed by atoms with E-state index in [2.05, 4.69) is 33.2 Å². The maximum atomic E-state index is 15.2. The molecule has 3 aliphatic heterocycles. The Morgan fingerprint density at radius 3 is 2.74 bits per heavy atom. The second-order valence-corrected chi connectivity index (χ2v) is 13.3. The first-order chi connectivity index (χ1) is 20.0. The first-order valence-corrected chi connectivity index (χ1v) is 14.8. The molecule has 42 heavy (non-hydrogen) atoms. The summed E-state index contributed by atoms with van der Waals surface area (Å²) >= 11 is 8.10. The van der Waals surface area contributed by atoms with Crippen LogP contribution in [0.4, 0.5) is 20.1 Å². The number of fused-ring (bicyclic) bond motifs is 5. The van der Waals surface area contributed by atoms with Crippen molar-refractivity contribution in [2.24, 2.45) is 5.92 Å². The number of amides is 1. The van der Waals surface area contributed by atoms with Gasteiger partial charge in [-0.3, -0.25) is 10.3 Å². The highest BCUT2D eigenvalue weighted by molar-refractivity contribution is 7.23. The number of pyridine rings is 1. The Hall–Kier alpha value is -3.63. The van der Waals surface area contributed by atoms with Crippen LogP contribution >= 0.6 is 22.9 Å². The van der Waals surface area contributed by atoms with Crippen LogP contribution in [0, 0.1) is 23.1 Å². The summed E-state index contributed by atoms with van der Waals surface area (Å²) in [6.45, 7) is 8.58. The molecule has 1 amide bonds. The molecule has 0 bridgehead atoms.